The van der Waals surface area contributed by atoms with Crippen LogP contribution in [0.3, 0.4) is 0 Å². The Morgan fingerprint density at radius 3 is 2.30 bits per heavy atom. The summed E-state index contributed by atoms with van der Waals surface area (Å²) >= 11 is 0. The standard InChI is InChI=1S/C14H17N3O4.C9H10/c15-14(20)11-2-1-3-12(8-11)21-9-13(19)17-6-4-16(10-18)5-7-17;1-2-4-8(5-3-1)9-6-7-9/h1-3,8,10H,4-7,9H2,(H2,15,20);1-5,9H,6-7H2. The van der Waals surface area contributed by atoms with Crippen molar-refractivity contribution in [3.63, 3.8) is 0 Å². The number of carbonyl (C=O) groups is 3. The molecule has 1 saturated carbocycles. The normalized spacial score (nSPS) is 15.6. The lowest BCUT2D eigenvalue weighted by Crippen LogP contribution is -2.49. The van der Waals surface area contributed by atoms with E-state index < -0.39 is 5.91 Å². The van der Waals surface area contributed by atoms with Crippen LogP contribution in [0.1, 0.15) is 34.7 Å². The molecule has 1 aliphatic carbocycles. The third-order valence-electron chi connectivity index (χ3n) is 5.15. The zero-order valence-corrected chi connectivity index (χ0v) is 16.9. The zero-order chi connectivity index (χ0) is 21.3. The van der Waals surface area contributed by atoms with Crippen molar-refractivity contribution >= 4 is 18.2 Å². The van der Waals surface area contributed by atoms with Gasteiger partial charge in [0.2, 0.25) is 12.3 Å². The number of rotatable bonds is 6. The second-order valence-corrected chi connectivity index (χ2v) is 7.39. The van der Waals surface area contributed by atoms with Crippen molar-refractivity contribution in [1.82, 2.24) is 9.80 Å². The summed E-state index contributed by atoms with van der Waals surface area (Å²) in [5.41, 5.74) is 7.04. The largest absolute Gasteiger partial charge is 0.484 e. The van der Waals surface area contributed by atoms with E-state index in [9.17, 15) is 14.4 Å². The van der Waals surface area contributed by atoms with Crippen LogP contribution in [-0.2, 0) is 9.59 Å². The van der Waals surface area contributed by atoms with Crippen molar-refractivity contribution in [3.8, 4) is 5.75 Å². The molecule has 1 heterocycles. The number of nitrogens with zero attached hydrogens (tertiary/aromatic N) is 2. The Labute approximate surface area is 176 Å². The molecule has 2 aromatic rings. The SMILES string of the molecule is NC(=O)c1cccc(OCC(=O)N2CCN(C=O)CC2)c1.c1ccc(C2CC2)cc1. The molecule has 0 radical (unpaired) electrons. The van der Waals surface area contributed by atoms with Gasteiger partial charge in [0.1, 0.15) is 5.75 Å². The lowest BCUT2D eigenvalue weighted by molar-refractivity contribution is -0.137. The van der Waals surface area contributed by atoms with Crippen LogP contribution in [0, 0.1) is 0 Å². The van der Waals surface area contributed by atoms with Gasteiger partial charge in [0.25, 0.3) is 5.91 Å². The van der Waals surface area contributed by atoms with Crippen molar-refractivity contribution in [1.29, 1.82) is 0 Å². The number of hydrogen-bond acceptors (Lipinski definition) is 4. The van der Waals surface area contributed by atoms with Crippen LogP contribution >= 0.6 is 0 Å². The molecule has 2 aliphatic rings. The minimum Gasteiger partial charge on any atom is -0.484 e. The lowest BCUT2D eigenvalue weighted by Gasteiger charge is -2.32. The summed E-state index contributed by atoms with van der Waals surface area (Å²) in [6.07, 6.45) is 3.60. The van der Waals surface area contributed by atoms with E-state index in [4.69, 9.17) is 10.5 Å². The van der Waals surface area contributed by atoms with Crippen molar-refractivity contribution in [2.75, 3.05) is 32.8 Å². The smallest absolute Gasteiger partial charge is 0.260 e. The average Bonchev–Trinajstić information content (AvgIpc) is 3.64. The first-order valence-corrected chi connectivity index (χ1v) is 10.1. The van der Waals surface area contributed by atoms with Gasteiger partial charge >= 0.3 is 0 Å². The quantitative estimate of drug-likeness (QED) is 0.739. The van der Waals surface area contributed by atoms with Crippen LogP contribution in [0.15, 0.2) is 54.6 Å². The molecule has 4 rings (SSSR count). The van der Waals surface area contributed by atoms with E-state index in [1.807, 2.05) is 0 Å². The maximum atomic E-state index is 12.0. The minimum atomic E-state index is -0.545. The topological polar surface area (TPSA) is 92.9 Å². The Morgan fingerprint density at radius 1 is 1.00 bits per heavy atom. The maximum absolute atomic E-state index is 12.0. The van der Waals surface area contributed by atoms with E-state index in [0.29, 0.717) is 37.5 Å². The molecule has 3 amide bonds. The molecule has 158 valence electrons. The number of hydrogen-bond donors (Lipinski definition) is 1. The van der Waals surface area contributed by atoms with Gasteiger partial charge in [-0.05, 0) is 42.5 Å². The predicted octanol–water partition coefficient (Wildman–Crippen LogP) is 2.03. The first-order chi connectivity index (χ1) is 14.6. The third kappa shape index (κ3) is 6.34. The Hall–Kier alpha value is -3.35. The van der Waals surface area contributed by atoms with Gasteiger partial charge in [0.05, 0.1) is 0 Å². The number of carbonyl (C=O) groups excluding carboxylic acids is 3. The highest BCUT2D eigenvalue weighted by Gasteiger charge is 2.22. The second kappa shape index (κ2) is 10.4. The Balaban J connectivity index is 0.000000234. The van der Waals surface area contributed by atoms with Gasteiger partial charge in [-0.15, -0.1) is 0 Å². The van der Waals surface area contributed by atoms with E-state index in [1.54, 1.807) is 28.0 Å². The number of piperazine rings is 1. The molecule has 7 nitrogen and oxygen atoms in total. The fourth-order valence-corrected chi connectivity index (χ4v) is 3.19. The summed E-state index contributed by atoms with van der Waals surface area (Å²) in [4.78, 5) is 36.9. The van der Waals surface area contributed by atoms with Crippen molar-refractivity contribution in [2.24, 2.45) is 5.73 Å². The first-order valence-electron chi connectivity index (χ1n) is 10.1. The monoisotopic (exact) mass is 409 g/mol. The number of amides is 3. The molecule has 0 aromatic heterocycles. The van der Waals surface area contributed by atoms with E-state index in [2.05, 4.69) is 30.3 Å². The molecule has 2 N–H and O–H groups in total. The molecule has 2 aromatic carbocycles. The summed E-state index contributed by atoms with van der Waals surface area (Å²) in [5.74, 6) is 0.638. The highest BCUT2D eigenvalue weighted by Crippen LogP contribution is 2.39. The molecule has 1 saturated heterocycles. The molecule has 30 heavy (non-hydrogen) atoms. The van der Waals surface area contributed by atoms with Crippen molar-refractivity contribution in [2.45, 2.75) is 18.8 Å². The molecule has 7 heteroatoms. The Kier molecular flexibility index (Phi) is 7.43. The molecule has 0 spiro atoms. The van der Waals surface area contributed by atoms with Crippen LogP contribution in [0.25, 0.3) is 0 Å². The number of nitrogens with two attached hydrogens (primary N) is 1. The summed E-state index contributed by atoms with van der Waals surface area (Å²) < 4.78 is 5.38. The van der Waals surface area contributed by atoms with Gasteiger partial charge in [-0.2, -0.15) is 0 Å². The van der Waals surface area contributed by atoms with E-state index in [1.165, 1.54) is 24.5 Å². The van der Waals surface area contributed by atoms with Crippen LogP contribution in [0.4, 0.5) is 0 Å². The number of primary amides is 1. The second-order valence-electron chi connectivity index (χ2n) is 7.39. The molecule has 0 unspecified atom stereocenters. The highest BCUT2D eigenvalue weighted by atomic mass is 16.5. The Morgan fingerprint density at radius 2 is 1.70 bits per heavy atom. The van der Waals surface area contributed by atoms with Gasteiger partial charge < -0.3 is 20.3 Å². The molecule has 0 atom stereocenters. The highest BCUT2D eigenvalue weighted by molar-refractivity contribution is 5.93. The van der Waals surface area contributed by atoms with E-state index in [-0.39, 0.29) is 12.5 Å². The van der Waals surface area contributed by atoms with Crippen LogP contribution in [0.5, 0.6) is 5.75 Å². The molecular weight excluding hydrogens is 382 g/mol. The predicted molar refractivity (Wildman–Crippen MR) is 113 cm³/mol. The van der Waals surface area contributed by atoms with Gasteiger partial charge in [-0.3, -0.25) is 14.4 Å². The first kappa shape index (κ1) is 21.4. The van der Waals surface area contributed by atoms with Gasteiger partial charge in [-0.1, -0.05) is 36.4 Å². The van der Waals surface area contributed by atoms with Gasteiger partial charge in [0, 0.05) is 31.7 Å². The maximum Gasteiger partial charge on any atom is 0.260 e. The molecule has 1 aliphatic heterocycles. The van der Waals surface area contributed by atoms with Gasteiger partial charge in [-0.25, -0.2) is 0 Å². The van der Waals surface area contributed by atoms with Crippen LogP contribution < -0.4 is 10.5 Å². The molecular formula is C23H27N3O4. The fourth-order valence-electron chi connectivity index (χ4n) is 3.19. The zero-order valence-electron chi connectivity index (χ0n) is 16.9. The Bertz CT molecular complexity index is 860. The van der Waals surface area contributed by atoms with Crippen molar-refractivity contribution < 1.29 is 19.1 Å². The number of ether oxygens (including phenoxy) is 1. The molecule has 2 fully saturated rings. The fraction of sp³-hybridized carbons (Fsp3) is 0.348. The summed E-state index contributed by atoms with van der Waals surface area (Å²) in [5, 5.41) is 0. The van der Waals surface area contributed by atoms with E-state index in [0.717, 1.165) is 12.3 Å². The molecule has 0 bridgehead atoms. The average molecular weight is 409 g/mol. The van der Waals surface area contributed by atoms with Gasteiger partial charge in [0.15, 0.2) is 6.61 Å². The third-order valence-corrected chi connectivity index (χ3v) is 5.15. The minimum absolute atomic E-state index is 0.108. The van der Waals surface area contributed by atoms with Crippen molar-refractivity contribution in [3.05, 3.63) is 65.7 Å². The summed E-state index contributed by atoms with van der Waals surface area (Å²) in [6.45, 7) is 1.96. The van der Waals surface area contributed by atoms with Crippen LogP contribution in [-0.4, -0.2) is 60.8 Å². The summed E-state index contributed by atoms with van der Waals surface area (Å²) in [6, 6.07) is 17.1. The summed E-state index contributed by atoms with van der Waals surface area (Å²) in [7, 11) is 0. The number of benzene rings is 2. The lowest BCUT2D eigenvalue weighted by atomic mass is 10.1. The van der Waals surface area contributed by atoms with E-state index >= 15 is 0 Å². The van der Waals surface area contributed by atoms with Crippen LogP contribution in [0.2, 0.25) is 0 Å².